The first-order valence-corrected chi connectivity index (χ1v) is 9.12. The zero-order chi connectivity index (χ0) is 18.7. The van der Waals surface area contributed by atoms with E-state index in [1.165, 1.54) is 17.4 Å². The van der Waals surface area contributed by atoms with Crippen molar-refractivity contribution in [3.8, 4) is 5.75 Å². The third-order valence-electron chi connectivity index (χ3n) is 3.77. The van der Waals surface area contributed by atoms with E-state index in [2.05, 4.69) is 22.4 Å². The van der Waals surface area contributed by atoms with Crippen molar-refractivity contribution in [2.45, 2.75) is 39.7 Å². The highest BCUT2D eigenvalue weighted by molar-refractivity contribution is 7.15. The van der Waals surface area contributed by atoms with Crippen LogP contribution in [0.4, 0.5) is 5.13 Å². The fourth-order valence-electron chi connectivity index (χ4n) is 2.46. The Bertz CT molecular complexity index is 996. The lowest BCUT2D eigenvalue weighted by atomic mass is 10.1. The highest BCUT2D eigenvalue weighted by Crippen LogP contribution is 2.23. The van der Waals surface area contributed by atoms with Crippen LogP contribution in [0.2, 0.25) is 0 Å². The van der Waals surface area contributed by atoms with E-state index < -0.39 is 11.7 Å². The van der Waals surface area contributed by atoms with E-state index in [1.54, 1.807) is 25.1 Å². The Kier molecular flexibility index (Phi) is 5.32. The van der Waals surface area contributed by atoms with Gasteiger partial charge in [-0.05, 0) is 38.0 Å². The first-order valence-electron chi connectivity index (χ1n) is 8.30. The molecule has 0 aliphatic heterocycles. The topological polar surface area (TPSA) is 94.3 Å². The third kappa shape index (κ3) is 4.08. The second-order valence-electron chi connectivity index (χ2n) is 5.91. The Balaban J connectivity index is 1.70. The number of aromatic nitrogens is 2. The molecule has 1 N–H and O–H groups in total. The van der Waals surface area contributed by atoms with Crippen LogP contribution in [-0.4, -0.2) is 22.2 Å². The number of carbonyl (C=O) groups excluding carboxylic acids is 1. The number of aryl methyl sites for hydroxylation is 2. The highest BCUT2D eigenvalue weighted by atomic mass is 32.1. The van der Waals surface area contributed by atoms with Gasteiger partial charge in [0, 0.05) is 23.9 Å². The lowest BCUT2D eigenvalue weighted by Gasteiger charge is -2.14. The summed E-state index contributed by atoms with van der Waals surface area (Å²) in [7, 11) is 0. The van der Waals surface area contributed by atoms with Crippen molar-refractivity contribution in [2.24, 2.45) is 0 Å². The van der Waals surface area contributed by atoms with E-state index in [9.17, 15) is 9.59 Å². The molecule has 0 saturated heterocycles. The maximum Gasteiger partial charge on any atom is 0.336 e. The quantitative estimate of drug-likeness (QED) is 0.666. The molecule has 0 fully saturated rings. The van der Waals surface area contributed by atoms with Crippen LogP contribution in [0.1, 0.15) is 30.8 Å². The standard InChI is InChI=1S/C18H19N3O4S/c1-4-5-15-20-21-18(26-15)19-17(23)11(3)24-12-6-7-13-10(2)8-16(22)25-14(13)9-12/h6-9,11H,4-5H2,1-3H3,(H,19,21,23). The average Bonchev–Trinajstić information content (AvgIpc) is 3.01. The van der Waals surface area contributed by atoms with Crippen molar-refractivity contribution in [3.05, 3.63) is 45.3 Å². The number of fused-ring (bicyclic) bond motifs is 1. The van der Waals surface area contributed by atoms with Crippen LogP contribution < -0.4 is 15.7 Å². The van der Waals surface area contributed by atoms with Crippen molar-refractivity contribution in [1.29, 1.82) is 0 Å². The molecular weight excluding hydrogens is 354 g/mol. The fraction of sp³-hybridized carbons (Fsp3) is 0.333. The number of nitrogens with one attached hydrogen (secondary N) is 1. The number of benzene rings is 1. The third-order valence-corrected chi connectivity index (χ3v) is 4.66. The first kappa shape index (κ1) is 18.1. The van der Waals surface area contributed by atoms with E-state index >= 15 is 0 Å². The molecule has 8 heteroatoms. The Morgan fingerprint density at radius 3 is 2.92 bits per heavy atom. The van der Waals surface area contributed by atoms with Crippen molar-refractivity contribution >= 4 is 33.3 Å². The van der Waals surface area contributed by atoms with Gasteiger partial charge in [-0.25, -0.2) is 4.79 Å². The molecule has 0 spiro atoms. The summed E-state index contributed by atoms with van der Waals surface area (Å²) in [4.78, 5) is 23.8. The molecule has 1 amide bonds. The molecule has 0 radical (unpaired) electrons. The van der Waals surface area contributed by atoms with E-state index in [-0.39, 0.29) is 5.91 Å². The van der Waals surface area contributed by atoms with Crippen LogP contribution in [0, 0.1) is 6.92 Å². The lowest BCUT2D eigenvalue weighted by molar-refractivity contribution is -0.122. The van der Waals surface area contributed by atoms with Crippen molar-refractivity contribution in [3.63, 3.8) is 0 Å². The monoisotopic (exact) mass is 373 g/mol. The number of nitrogens with zero attached hydrogens (tertiary/aromatic N) is 2. The lowest BCUT2D eigenvalue weighted by Crippen LogP contribution is -2.30. The van der Waals surface area contributed by atoms with Crippen molar-refractivity contribution in [1.82, 2.24) is 10.2 Å². The summed E-state index contributed by atoms with van der Waals surface area (Å²) in [5.41, 5.74) is 0.832. The number of ether oxygens (including phenoxy) is 1. The summed E-state index contributed by atoms with van der Waals surface area (Å²) in [5.74, 6) is 0.118. The summed E-state index contributed by atoms with van der Waals surface area (Å²) >= 11 is 1.36. The number of carbonyl (C=O) groups is 1. The van der Waals surface area contributed by atoms with Gasteiger partial charge in [-0.3, -0.25) is 10.1 Å². The Morgan fingerprint density at radius 2 is 2.15 bits per heavy atom. The molecular formula is C18H19N3O4S. The molecule has 1 unspecified atom stereocenters. The summed E-state index contributed by atoms with van der Waals surface area (Å²) in [5, 5.41) is 12.8. The van der Waals surface area contributed by atoms with Gasteiger partial charge in [-0.2, -0.15) is 0 Å². The minimum absolute atomic E-state index is 0.324. The van der Waals surface area contributed by atoms with Gasteiger partial charge >= 0.3 is 5.63 Å². The largest absolute Gasteiger partial charge is 0.481 e. The Labute approximate surface area is 154 Å². The van der Waals surface area contributed by atoms with Crippen LogP contribution in [0.5, 0.6) is 5.75 Å². The summed E-state index contributed by atoms with van der Waals surface area (Å²) < 4.78 is 10.9. The van der Waals surface area contributed by atoms with Gasteiger partial charge < -0.3 is 9.15 Å². The van der Waals surface area contributed by atoms with Crippen molar-refractivity contribution < 1.29 is 13.9 Å². The second kappa shape index (κ2) is 7.65. The van der Waals surface area contributed by atoms with Crippen LogP contribution in [0.3, 0.4) is 0 Å². The molecule has 1 aromatic carbocycles. The van der Waals surface area contributed by atoms with Gasteiger partial charge in [-0.1, -0.05) is 18.3 Å². The minimum atomic E-state index is -0.748. The van der Waals surface area contributed by atoms with Crippen molar-refractivity contribution in [2.75, 3.05) is 5.32 Å². The van der Waals surface area contributed by atoms with Crippen LogP contribution >= 0.6 is 11.3 Å². The maximum atomic E-state index is 12.3. The average molecular weight is 373 g/mol. The molecule has 0 bridgehead atoms. The second-order valence-corrected chi connectivity index (χ2v) is 6.97. The molecule has 2 heterocycles. The molecule has 2 aromatic heterocycles. The molecule has 3 rings (SSSR count). The van der Waals surface area contributed by atoms with Gasteiger partial charge in [0.2, 0.25) is 5.13 Å². The van der Waals surface area contributed by atoms with E-state index in [0.29, 0.717) is 16.5 Å². The molecule has 1 atom stereocenters. The predicted molar refractivity (Wildman–Crippen MR) is 99.8 cm³/mol. The summed E-state index contributed by atoms with van der Waals surface area (Å²) in [6, 6.07) is 6.59. The molecule has 136 valence electrons. The van der Waals surface area contributed by atoms with Crippen LogP contribution in [0.25, 0.3) is 11.0 Å². The van der Waals surface area contributed by atoms with E-state index in [1.807, 2.05) is 6.92 Å². The Morgan fingerprint density at radius 1 is 1.35 bits per heavy atom. The molecule has 0 aliphatic rings. The number of hydrogen-bond acceptors (Lipinski definition) is 7. The number of rotatable bonds is 6. The number of hydrogen-bond donors (Lipinski definition) is 1. The van der Waals surface area contributed by atoms with Gasteiger partial charge in [0.15, 0.2) is 6.10 Å². The zero-order valence-electron chi connectivity index (χ0n) is 14.7. The summed E-state index contributed by atoms with van der Waals surface area (Å²) in [6.07, 6.45) is 1.06. The van der Waals surface area contributed by atoms with Gasteiger partial charge in [0.05, 0.1) is 0 Å². The first-order chi connectivity index (χ1) is 12.5. The molecule has 0 aliphatic carbocycles. The predicted octanol–water partition coefficient (Wildman–Crippen LogP) is 3.31. The fourth-order valence-corrected chi connectivity index (χ4v) is 3.31. The normalized spacial score (nSPS) is 12.1. The Hall–Kier alpha value is -2.74. The summed E-state index contributed by atoms with van der Waals surface area (Å²) in [6.45, 7) is 5.54. The van der Waals surface area contributed by atoms with Gasteiger partial charge in [0.25, 0.3) is 5.91 Å². The zero-order valence-corrected chi connectivity index (χ0v) is 15.6. The SMILES string of the molecule is CCCc1nnc(NC(=O)C(C)Oc2ccc3c(C)cc(=O)oc3c2)s1. The van der Waals surface area contributed by atoms with Crippen LogP contribution in [0.15, 0.2) is 33.5 Å². The number of amides is 1. The van der Waals surface area contributed by atoms with E-state index in [0.717, 1.165) is 28.8 Å². The maximum absolute atomic E-state index is 12.3. The van der Waals surface area contributed by atoms with Crippen LogP contribution in [-0.2, 0) is 11.2 Å². The highest BCUT2D eigenvalue weighted by Gasteiger charge is 2.17. The molecule has 3 aromatic rings. The van der Waals surface area contributed by atoms with E-state index in [4.69, 9.17) is 9.15 Å². The smallest absolute Gasteiger partial charge is 0.336 e. The van der Waals surface area contributed by atoms with Gasteiger partial charge in [-0.15, -0.1) is 10.2 Å². The molecule has 0 saturated carbocycles. The van der Waals surface area contributed by atoms with Gasteiger partial charge in [0.1, 0.15) is 16.3 Å². The molecule has 7 nitrogen and oxygen atoms in total. The molecule has 26 heavy (non-hydrogen) atoms. The number of anilines is 1. The minimum Gasteiger partial charge on any atom is -0.481 e.